The number of carbonyl (C=O) groups excluding carboxylic acids is 2. The van der Waals surface area contributed by atoms with Gasteiger partial charge in [0.2, 0.25) is 5.91 Å². The topological polar surface area (TPSA) is 52.7 Å². The second-order valence-corrected chi connectivity index (χ2v) is 7.21. The molecule has 1 aliphatic heterocycles. The minimum atomic E-state index is -0.0476. The van der Waals surface area contributed by atoms with E-state index in [0.29, 0.717) is 32.6 Å². The summed E-state index contributed by atoms with van der Waals surface area (Å²) < 4.78 is 0. The Morgan fingerprint density at radius 1 is 0.852 bits per heavy atom. The van der Waals surface area contributed by atoms with Crippen LogP contribution < -0.4 is 5.32 Å². The summed E-state index contributed by atoms with van der Waals surface area (Å²) in [6.45, 7) is 6.23. The molecule has 0 saturated carbocycles. The highest BCUT2D eigenvalue weighted by Gasteiger charge is 2.24. The van der Waals surface area contributed by atoms with E-state index in [1.807, 2.05) is 49.1 Å². The molecule has 1 fully saturated rings. The molecule has 0 bridgehead atoms. The van der Waals surface area contributed by atoms with Crippen LogP contribution in [0.3, 0.4) is 0 Å². The molecule has 3 rings (SSSR count). The third-order valence-electron chi connectivity index (χ3n) is 4.75. The number of urea groups is 1. The van der Waals surface area contributed by atoms with Crippen LogP contribution in [0.2, 0.25) is 0 Å². The first-order valence-corrected chi connectivity index (χ1v) is 9.50. The highest BCUT2D eigenvalue weighted by Crippen LogP contribution is 2.19. The monoisotopic (exact) mass is 365 g/mol. The van der Waals surface area contributed by atoms with E-state index < -0.39 is 0 Å². The lowest BCUT2D eigenvalue weighted by atomic mass is 10.0. The predicted molar refractivity (Wildman–Crippen MR) is 107 cm³/mol. The van der Waals surface area contributed by atoms with Gasteiger partial charge >= 0.3 is 6.03 Å². The van der Waals surface area contributed by atoms with Crippen LogP contribution in [-0.4, -0.2) is 54.0 Å². The molecule has 5 nitrogen and oxygen atoms in total. The molecule has 2 aromatic carbocycles. The first-order chi connectivity index (χ1) is 13.0. The van der Waals surface area contributed by atoms with Gasteiger partial charge in [0.05, 0.1) is 6.42 Å². The van der Waals surface area contributed by atoms with Gasteiger partial charge in [-0.2, -0.15) is 0 Å². The Hall–Kier alpha value is -2.82. The summed E-state index contributed by atoms with van der Waals surface area (Å²) in [5.41, 5.74) is 3.34. The van der Waals surface area contributed by atoms with E-state index >= 15 is 0 Å². The Labute approximate surface area is 161 Å². The van der Waals surface area contributed by atoms with Crippen LogP contribution in [0.4, 0.5) is 4.79 Å². The molecule has 5 heteroatoms. The van der Waals surface area contributed by atoms with E-state index in [9.17, 15) is 9.59 Å². The molecule has 1 heterocycles. The fraction of sp³-hybridized carbons (Fsp3) is 0.364. The molecule has 27 heavy (non-hydrogen) atoms. The van der Waals surface area contributed by atoms with E-state index in [2.05, 4.69) is 29.6 Å². The molecule has 0 spiro atoms. The maximum Gasteiger partial charge on any atom is 0.317 e. The van der Waals surface area contributed by atoms with Crippen molar-refractivity contribution in [2.45, 2.75) is 26.3 Å². The second kappa shape index (κ2) is 8.71. The summed E-state index contributed by atoms with van der Waals surface area (Å²) in [4.78, 5) is 28.2. The lowest BCUT2D eigenvalue weighted by Crippen LogP contribution is -2.54. The number of benzene rings is 2. The van der Waals surface area contributed by atoms with E-state index in [1.165, 1.54) is 5.56 Å². The summed E-state index contributed by atoms with van der Waals surface area (Å²) in [6, 6.07) is 18.4. The van der Waals surface area contributed by atoms with Crippen molar-refractivity contribution in [3.63, 3.8) is 0 Å². The van der Waals surface area contributed by atoms with E-state index in [1.54, 1.807) is 4.90 Å². The molecule has 2 aromatic rings. The molecule has 3 amide bonds. The van der Waals surface area contributed by atoms with Gasteiger partial charge in [-0.3, -0.25) is 4.79 Å². The van der Waals surface area contributed by atoms with Crippen molar-refractivity contribution in [3.05, 3.63) is 60.2 Å². The Balaban J connectivity index is 1.52. The molecular formula is C22H27N3O2. The zero-order valence-corrected chi connectivity index (χ0v) is 16.0. The molecule has 0 aromatic heterocycles. The Kier molecular flexibility index (Phi) is 6.12. The fourth-order valence-corrected chi connectivity index (χ4v) is 3.23. The summed E-state index contributed by atoms with van der Waals surface area (Å²) in [6.07, 6.45) is 0.396. The zero-order valence-electron chi connectivity index (χ0n) is 16.0. The number of piperazine rings is 1. The van der Waals surface area contributed by atoms with Crippen molar-refractivity contribution in [3.8, 4) is 11.1 Å². The van der Waals surface area contributed by atoms with Gasteiger partial charge in [-0.15, -0.1) is 0 Å². The Morgan fingerprint density at radius 3 is 2.00 bits per heavy atom. The van der Waals surface area contributed by atoms with Gasteiger partial charge < -0.3 is 15.1 Å². The molecule has 0 aliphatic carbocycles. The minimum absolute atomic E-state index is 0.0476. The predicted octanol–water partition coefficient (Wildman–Crippen LogP) is 3.16. The van der Waals surface area contributed by atoms with Crippen molar-refractivity contribution in [1.29, 1.82) is 0 Å². The van der Waals surface area contributed by atoms with Crippen LogP contribution >= 0.6 is 0 Å². The lowest BCUT2D eigenvalue weighted by molar-refractivity contribution is -0.131. The van der Waals surface area contributed by atoms with Gasteiger partial charge in [-0.05, 0) is 30.5 Å². The number of nitrogens with one attached hydrogen (secondary N) is 1. The smallest absolute Gasteiger partial charge is 0.317 e. The Morgan fingerprint density at radius 2 is 1.41 bits per heavy atom. The fourth-order valence-electron chi connectivity index (χ4n) is 3.23. The number of hydrogen-bond acceptors (Lipinski definition) is 2. The summed E-state index contributed by atoms with van der Waals surface area (Å²) >= 11 is 0. The first kappa shape index (κ1) is 19.0. The van der Waals surface area contributed by atoms with Gasteiger partial charge in [-0.25, -0.2) is 4.79 Å². The SMILES string of the molecule is CC(C)NC(=O)N1CCN(C(=O)Cc2ccc(-c3ccccc3)cc2)CC1. The van der Waals surface area contributed by atoms with Crippen LogP contribution in [0.5, 0.6) is 0 Å². The second-order valence-electron chi connectivity index (χ2n) is 7.21. The normalized spacial score (nSPS) is 14.3. The third kappa shape index (κ3) is 5.09. The van der Waals surface area contributed by atoms with E-state index in [-0.39, 0.29) is 18.0 Å². The maximum atomic E-state index is 12.6. The van der Waals surface area contributed by atoms with Gasteiger partial charge in [0, 0.05) is 32.2 Å². The van der Waals surface area contributed by atoms with Gasteiger partial charge in [0.15, 0.2) is 0 Å². The molecule has 1 aliphatic rings. The Bertz CT molecular complexity index is 764. The number of carbonyl (C=O) groups is 2. The molecule has 142 valence electrons. The first-order valence-electron chi connectivity index (χ1n) is 9.50. The highest BCUT2D eigenvalue weighted by atomic mass is 16.2. The number of rotatable bonds is 4. The maximum absolute atomic E-state index is 12.6. The highest BCUT2D eigenvalue weighted by molar-refractivity contribution is 5.80. The third-order valence-corrected chi connectivity index (χ3v) is 4.75. The molecule has 0 unspecified atom stereocenters. The minimum Gasteiger partial charge on any atom is -0.339 e. The molecule has 0 radical (unpaired) electrons. The standard InChI is InChI=1S/C22H27N3O2/c1-17(2)23-22(27)25-14-12-24(13-15-25)21(26)16-18-8-10-20(11-9-18)19-6-4-3-5-7-19/h3-11,17H,12-16H2,1-2H3,(H,23,27). The molecule has 1 saturated heterocycles. The van der Waals surface area contributed by atoms with Gasteiger partial charge in [0.1, 0.15) is 0 Å². The summed E-state index contributed by atoms with van der Waals surface area (Å²) in [5, 5.41) is 2.90. The average Bonchev–Trinajstić information content (AvgIpc) is 2.69. The molecule has 1 N–H and O–H groups in total. The lowest BCUT2D eigenvalue weighted by Gasteiger charge is -2.35. The van der Waals surface area contributed by atoms with Crippen molar-refractivity contribution in [2.24, 2.45) is 0 Å². The van der Waals surface area contributed by atoms with Crippen LogP contribution in [0.15, 0.2) is 54.6 Å². The number of nitrogens with zero attached hydrogens (tertiary/aromatic N) is 2. The van der Waals surface area contributed by atoms with Crippen molar-refractivity contribution < 1.29 is 9.59 Å². The van der Waals surface area contributed by atoms with Crippen LogP contribution in [0.1, 0.15) is 19.4 Å². The summed E-state index contributed by atoms with van der Waals surface area (Å²) in [7, 11) is 0. The van der Waals surface area contributed by atoms with Crippen molar-refractivity contribution >= 4 is 11.9 Å². The van der Waals surface area contributed by atoms with Crippen LogP contribution in [-0.2, 0) is 11.2 Å². The van der Waals surface area contributed by atoms with Crippen molar-refractivity contribution in [2.75, 3.05) is 26.2 Å². The van der Waals surface area contributed by atoms with Gasteiger partial charge in [0.25, 0.3) is 0 Å². The average molecular weight is 365 g/mol. The largest absolute Gasteiger partial charge is 0.339 e. The van der Waals surface area contributed by atoms with Crippen LogP contribution in [0, 0.1) is 0 Å². The molecule has 0 atom stereocenters. The molecular weight excluding hydrogens is 338 g/mol. The summed E-state index contributed by atoms with van der Waals surface area (Å²) in [5.74, 6) is 0.117. The van der Waals surface area contributed by atoms with Gasteiger partial charge in [-0.1, -0.05) is 54.6 Å². The quantitative estimate of drug-likeness (QED) is 0.905. The number of hydrogen-bond donors (Lipinski definition) is 1. The van der Waals surface area contributed by atoms with Crippen molar-refractivity contribution in [1.82, 2.24) is 15.1 Å². The number of amides is 3. The van der Waals surface area contributed by atoms with E-state index in [0.717, 1.165) is 11.1 Å². The zero-order chi connectivity index (χ0) is 19.2. The van der Waals surface area contributed by atoms with Crippen LogP contribution in [0.25, 0.3) is 11.1 Å². The van der Waals surface area contributed by atoms with E-state index in [4.69, 9.17) is 0 Å².